The summed E-state index contributed by atoms with van der Waals surface area (Å²) < 4.78 is 2.02. The zero-order valence-electron chi connectivity index (χ0n) is 9.23. The maximum Gasteiger partial charge on any atom is 0.0444 e. The van der Waals surface area contributed by atoms with Gasteiger partial charge < -0.3 is 10.3 Å². The van der Waals surface area contributed by atoms with E-state index in [1.807, 2.05) is 42.1 Å². The molecule has 2 rings (SSSR count). The number of benzene rings is 1. The summed E-state index contributed by atoms with van der Waals surface area (Å²) >= 11 is 6.19. The number of halogens is 1. The van der Waals surface area contributed by atoms with Gasteiger partial charge in [0.1, 0.15) is 0 Å². The van der Waals surface area contributed by atoms with Crippen LogP contribution in [0.1, 0.15) is 17.0 Å². The van der Waals surface area contributed by atoms with Gasteiger partial charge in [0, 0.05) is 36.9 Å². The number of nitrogens with zero attached hydrogens (tertiary/aromatic N) is 1. The monoisotopic (exact) mass is 234 g/mol. The van der Waals surface area contributed by atoms with Crippen LogP contribution in [0.3, 0.4) is 0 Å². The van der Waals surface area contributed by atoms with Crippen molar-refractivity contribution in [2.75, 3.05) is 6.54 Å². The van der Waals surface area contributed by atoms with Gasteiger partial charge in [0.25, 0.3) is 0 Å². The Balaban J connectivity index is 2.40. The highest BCUT2D eigenvalue weighted by Crippen LogP contribution is 2.29. The highest BCUT2D eigenvalue weighted by molar-refractivity contribution is 6.31. The standard InChI is InChI=1S/C13H15ClN2/c1-16-7-6-10(9-16)12(8-15)11-4-2-3-5-13(11)14/h2-7,9,12H,8,15H2,1H3. The molecule has 2 N–H and O–H groups in total. The zero-order valence-corrected chi connectivity index (χ0v) is 9.98. The lowest BCUT2D eigenvalue weighted by atomic mass is 9.93. The third kappa shape index (κ3) is 2.13. The predicted molar refractivity (Wildman–Crippen MR) is 67.8 cm³/mol. The van der Waals surface area contributed by atoms with E-state index in [0.29, 0.717) is 6.54 Å². The van der Waals surface area contributed by atoms with Gasteiger partial charge in [-0.3, -0.25) is 0 Å². The number of nitrogens with two attached hydrogens (primary N) is 1. The highest BCUT2D eigenvalue weighted by Gasteiger charge is 2.15. The molecule has 0 radical (unpaired) electrons. The molecule has 1 aromatic heterocycles. The van der Waals surface area contributed by atoms with Gasteiger partial charge in [-0.05, 0) is 23.3 Å². The van der Waals surface area contributed by atoms with Gasteiger partial charge >= 0.3 is 0 Å². The molecule has 0 spiro atoms. The van der Waals surface area contributed by atoms with Gasteiger partial charge in [0.2, 0.25) is 0 Å². The summed E-state index contributed by atoms with van der Waals surface area (Å²) in [5.41, 5.74) is 8.15. The largest absolute Gasteiger partial charge is 0.357 e. The first kappa shape index (κ1) is 11.2. The van der Waals surface area contributed by atoms with Gasteiger partial charge in [0.15, 0.2) is 0 Å². The lowest BCUT2D eigenvalue weighted by Crippen LogP contribution is -2.13. The number of hydrogen-bond donors (Lipinski definition) is 1. The number of hydrogen-bond acceptors (Lipinski definition) is 1. The van der Waals surface area contributed by atoms with Crippen LogP contribution in [0.4, 0.5) is 0 Å². The molecule has 0 aliphatic rings. The fraction of sp³-hybridized carbons (Fsp3) is 0.231. The van der Waals surface area contributed by atoms with Crippen LogP contribution in [0.2, 0.25) is 5.02 Å². The summed E-state index contributed by atoms with van der Waals surface area (Å²) in [5.74, 6) is 0.176. The molecule has 1 unspecified atom stereocenters. The first-order chi connectivity index (χ1) is 7.72. The SMILES string of the molecule is Cn1ccc(C(CN)c2ccccc2Cl)c1. The predicted octanol–water partition coefficient (Wildman–Crippen LogP) is 2.77. The van der Waals surface area contributed by atoms with Crippen LogP contribution in [0, 0.1) is 0 Å². The summed E-state index contributed by atoms with van der Waals surface area (Å²) in [6.07, 6.45) is 4.11. The third-order valence-corrected chi connectivity index (χ3v) is 3.12. The van der Waals surface area contributed by atoms with Crippen molar-refractivity contribution in [3.8, 4) is 0 Å². The first-order valence-electron chi connectivity index (χ1n) is 5.28. The lowest BCUT2D eigenvalue weighted by molar-refractivity contribution is 0.811. The van der Waals surface area contributed by atoms with Crippen LogP contribution in [-0.4, -0.2) is 11.1 Å². The maximum atomic E-state index is 6.19. The average Bonchev–Trinajstić information content (AvgIpc) is 2.69. The summed E-state index contributed by atoms with van der Waals surface area (Å²) in [5, 5.41) is 0.779. The van der Waals surface area contributed by atoms with Crippen molar-refractivity contribution in [2.24, 2.45) is 12.8 Å². The van der Waals surface area contributed by atoms with E-state index in [1.54, 1.807) is 0 Å². The molecule has 0 fully saturated rings. The van der Waals surface area contributed by atoms with E-state index in [-0.39, 0.29) is 5.92 Å². The first-order valence-corrected chi connectivity index (χ1v) is 5.66. The molecule has 1 atom stereocenters. The zero-order chi connectivity index (χ0) is 11.5. The Hall–Kier alpha value is -1.25. The molecule has 16 heavy (non-hydrogen) atoms. The Morgan fingerprint density at radius 2 is 2.06 bits per heavy atom. The van der Waals surface area contributed by atoms with Gasteiger partial charge in [-0.1, -0.05) is 29.8 Å². The Bertz CT molecular complexity index is 476. The highest BCUT2D eigenvalue weighted by atomic mass is 35.5. The molecule has 3 heteroatoms. The van der Waals surface area contributed by atoms with Crippen LogP contribution in [0.5, 0.6) is 0 Å². The van der Waals surface area contributed by atoms with Crippen LogP contribution in [0.25, 0.3) is 0 Å². The lowest BCUT2D eigenvalue weighted by Gasteiger charge is -2.15. The minimum absolute atomic E-state index is 0.176. The molecule has 1 aromatic carbocycles. The topological polar surface area (TPSA) is 30.9 Å². The van der Waals surface area contributed by atoms with E-state index in [2.05, 4.69) is 12.3 Å². The van der Waals surface area contributed by atoms with E-state index >= 15 is 0 Å². The van der Waals surface area contributed by atoms with E-state index in [4.69, 9.17) is 17.3 Å². The van der Waals surface area contributed by atoms with Crippen LogP contribution < -0.4 is 5.73 Å². The number of aryl methyl sites for hydroxylation is 1. The van der Waals surface area contributed by atoms with Gasteiger partial charge in [0.05, 0.1) is 0 Å². The molecule has 2 aromatic rings. The molecule has 0 saturated carbocycles. The van der Waals surface area contributed by atoms with Crippen molar-refractivity contribution in [2.45, 2.75) is 5.92 Å². The second-order valence-electron chi connectivity index (χ2n) is 3.92. The fourth-order valence-electron chi connectivity index (χ4n) is 1.93. The molecule has 84 valence electrons. The fourth-order valence-corrected chi connectivity index (χ4v) is 2.20. The number of aromatic nitrogens is 1. The van der Waals surface area contributed by atoms with Crippen molar-refractivity contribution < 1.29 is 0 Å². The average molecular weight is 235 g/mol. The maximum absolute atomic E-state index is 6.19. The summed E-state index contributed by atoms with van der Waals surface area (Å²) in [6, 6.07) is 9.95. The van der Waals surface area contributed by atoms with Gasteiger partial charge in [-0.15, -0.1) is 0 Å². The van der Waals surface area contributed by atoms with E-state index < -0.39 is 0 Å². The Morgan fingerprint density at radius 1 is 1.31 bits per heavy atom. The van der Waals surface area contributed by atoms with Gasteiger partial charge in [-0.2, -0.15) is 0 Å². The van der Waals surface area contributed by atoms with Crippen molar-refractivity contribution in [1.29, 1.82) is 0 Å². The molecule has 0 saturated heterocycles. The molecule has 1 heterocycles. The summed E-state index contributed by atoms with van der Waals surface area (Å²) in [7, 11) is 2.00. The van der Waals surface area contributed by atoms with Crippen molar-refractivity contribution in [1.82, 2.24) is 4.57 Å². The quantitative estimate of drug-likeness (QED) is 0.870. The van der Waals surface area contributed by atoms with Crippen LogP contribution in [0.15, 0.2) is 42.7 Å². The molecule has 0 amide bonds. The smallest absolute Gasteiger partial charge is 0.0444 e. The minimum Gasteiger partial charge on any atom is -0.357 e. The molecule has 2 nitrogen and oxygen atoms in total. The van der Waals surface area contributed by atoms with E-state index in [0.717, 1.165) is 10.6 Å². The molecule has 0 bridgehead atoms. The summed E-state index contributed by atoms with van der Waals surface area (Å²) in [4.78, 5) is 0. The van der Waals surface area contributed by atoms with Crippen molar-refractivity contribution in [3.63, 3.8) is 0 Å². The molecule has 0 aliphatic carbocycles. The van der Waals surface area contributed by atoms with Crippen LogP contribution >= 0.6 is 11.6 Å². The molecular weight excluding hydrogens is 220 g/mol. The van der Waals surface area contributed by atoms with Crippen LogP contribution in [-0.2, 0) is 7.05 Å². The van der Waals surface area contributed by atoms with E-state index in [1.165, 1.54) is 5.56 Å². The van der Waals surface area contributed by atoms with E-state index in [9.17, 15) is 0 Å². The Kier molecular flexibility index (Phi) is 3.32. The second kappa shape index (κ2) is 4.73. The molecular formula is C13H15ClN2. The Morgan fingerprint density at radius 3 is 2.62 bits per heavy atom. The minimum atomic E-state index is 0.176. The molecule has 0 aliphatic heterocycles. The number of rotatable bonds is 3. The normalized spacial score (nSPS) is 12.7. The van der Waals surface area contributed by atoms with Gasteiger partial charge in [-0.25, -0.2) is 0 Å². The van der Waals surface area contributed by atoms with Crippen molar-refractivity contribution >= 4 is 11.6 Å². The third-order valence-electron chi connectivity index (χ3n) is 2.77. The second-order valence-corrected chi connectivity index (χ2v) is 4.33. The Labute approximate surface area is 101 Å². The van der Waals surface area contributed by atoms with Crippen molar-refractivity contribution in [3.05, 3.63) is 58.9 Å². The summed E-state index contributed by atoms with van der Waals surface area (Å²) in [6.45, 7) is 0.563.